The van der Waals surface area contributed by atoms with Gasteiger partial charge in [-0.05, 0) is 49.4 Å². The standard InChI is InChI=1S/C16H21NO3/c1-10-7-12-9-15(20-14(12)8-11(10)2)16(19)17-5-3-13(18)4-6-17/h7-8,13,15,18H,3-6,9H2,1-2H3. The second-order valence-electron chi connectivity index (χ2n) is 5.91. The van der Waals surface area contributed by atoms with Crippen LogP contribution in [0.3, 0.4) is 0 Å². The van der Waals surface area contributed by atoms with E-state index in [0.29, 0.717) is 32.4 Å². The molecule has 1 atom stereocenters. The number of aliphatic hydroxyl groups excluding tert-OH is 1. The van der Waals surface area contributed by atoms with Crippen LogP contribution in [0.4, 0.5) is 0 Å². The lowest BCUT2D eigenvalue weighted by molar-refractivity contribution is -0.139. The average molecular weight is 275 g/mol. The smallest absolute Gasteiger partial charge is 0.263 e. The van der Waals surface area contributed by atoms with E-state index in [2.05, 4.69) is 19.9 Å². The van der Waals surface area contributed by atoms with Crippen molar-refractivity contribution in [1.29, 1.82) is 0 Å². The van der Waals surface area contributed by atoms with Gasteiger partial charge in [-0.2, -0.15) is 0 Å². The van der Waals surface area contributed by atoms with Crippen molar-refractivity contribution in [3.63, 3.8) is 0 Å². The Balaban J connectivity index is 1.70. The maximum absolute atomic E-state index is 12.5. The Labute approximate surface area is 119 Å². The number of aliphatic hydroxyl groups is 1. The van der Waals surface area contributed by atoms with E-state index >= 15 is 0 Å². The van der Waals surface area contributed by atoms with Crippen molar-refractivity contribution in [2.75, 3.05) is 13.1 Å². The van der Waals surface area contributed by atoms with Crippen molar-refractivity contribution in [2.24, 2.45) is 0 Å². The highest BCUT2D eigenvalue weighted by molar-refractivity contribution is 5.82. The predicted molar refractivity (Wildman–Crippen MR) is 75.9 cm³/mol. The molecule has 0 aliphatic carbocycles. The molecule has 20 heavy (non-hydrogen) atoms. The van der Waals surface area contributed by atoms with Gasteiger partial charge in [-0.1, -0.05) is 6.07 Å². The van der Waals surface area contributed by atoms with Crippen molar-refractivity contribution in [1.82, 2.24) is 4.90 Å². The fourth-order valence-corrected chi connectivity index (χ4v) is 2.94. The Kier molecular flexibility index (Phi) is 3.42. The molecule has 0 bridgehead atoms. The van der Waals surface area contributed by atoms with E-state index in [1.807, 2.05) is 11.0 Å². The number of nitrogens with zero attached hydrogens (tertiary/aromatic N) is 1. The molecule has 1 fully saturated rings. The molecule has 1 saturated heterocycles. The number of fused-ring (bicyclic) bond motifs is 1. The lowest BCUT2D eigenvalue weighted by Crippen LogP contribution is -2.46. The van der Waals surface area contributed by atoms with Crippen LogP contribution < -0.4 is 4.74 Å². The topological polar surface area (TPSA) is 49.8 Å². The van der Waals surface area contributed by atoms with Crippen LogP contribution in [-0.2, 0) is 11.2 Å². The molecule has 4 heteroatoms. The van der Waals surface area contributed by atoms with Crippen LogP contribution in [0.2, 0.25) is 0 Å². The summed E-state index contributed by atoms with van der Waals surface area (Å²) in [6.45, 7) is 5.40. The number of aryl methyl sites for hydroxylation is 2. The summed E-state index contributed by atoms with van der Waals surface area (Å²) in [5, 5.41) is 9.51. The van der Waals surface area contributed by atoms with Gasteiger partial charge in [-0.25, -0.2) is 0 Å². The van der Waals surface area contributed by atoms with E-state index in [-0.39, 0.29) is 18.1 Å². The molecule has 1 N–H and O–H groups in total. The largest absolute Gasteiger partial charge is 0.480 e. The summed E-state index contributed by atoms with van der Waals surface area (Å²) in [7, 11) is 0. The Morgan fingerprint density at radius 3 is 2.60 bits per heavy atom. The zero-order valence-electron chi connectivity index (χ0n) is 12.1. The molecule has 1 aromatic carbocycles. The van der Waals surface area contributed by atoms with Crippen LogP contribution in [-0.4, -0.2) is 41.2 Å². The fraction of sp³-hybridized carbons (Fsp3) is 0.562. The van der Waals surface area contributed by atoms with Gasteiger partial charge in [-0.3, -0.25) is 4.79 Å². The van der Waals surface area contributed by atoms with Crippen LogP contribution in [0.15, 0.2) is 12.1 Å². The Morgan fingerprint density at radius 2 is 1.90 bits per heavy atom. The van der Waals surface area contributed by atoms with Crippen molar-refractivity contribution in [3.05, 3.63) is 28.8 Å². The van der Waals surface area contributed by atoms with Gasteiger partial charge < -0.3 is 14.7 Å². The summed E-state index contributed by atoms with van der Waals surface area (Å²) >= 11 is 0. The molecule has 2 aliphatic rings. The Bertz CT molecular complexity index is 502. The van der Waals surface area contributed by atoms with Gasteiger partial charge in [0, 0.05) is 19.5 Å². The van der Waals surface area contributed by atoms with Gasteiger partial charge in [0.05, 0.1) is 6.10 Å². The summed E-state index contributed by atoms with van der Waals surface area (Å²) < 4.78 is 5.83. The van der Waals surface area contributed by atoms with Gasteiger partial charge in [0.25, 0.3) is 5.91 Å². The molecular weight excluding hydrogens is 254 g/mol. The van der Waals surface area contributed by atoms with Gasteiger partial charge in [0.15, 0.2) is 6.10 Å². The lowest BCUT2D eigenvalue weighted by atomic mass is 10.0. The number of carbonyl (C=O) groups is 1. The van der Waals surface area contributed by atoms with Crippen molar-refractivity contribution in [3.8, 4) is 5.75 Å². The number of rotatable bonds is 1. The second kappa shape index (κ2) is 5.09. The monoisotopic (exact) mass is 275 g/mol. The molecule has 0 radical (unpaired) electrons. The molecular formula is C16H21NO3. The van der Waals surface area contributed by atoms with E-state index in [1.165, 1.54) is 11.1 Å². The molecule has 4 nitrogen and oxygen atoms in total. The molecule has 108 valence electrons. The number of hydrogen-bond acceptors (Lipinski definition) is 3. The minimum atomic E-state index is -0.388. The van der Waals surface area contributed by atoms with Crippen molar-refractivity contribution >= 4 is 5.91 Å². The quantitative estimate of drug-likeness (QED) is 0.847. The SMILES string of the molecule is Cc1cc2c(cc1C)OC(C(=O)N1CCC(O)CC1)C2. The van der Waals surface area contributed by atoms with E-state index in [0.717, 1.165) is 11.3 Å². The highest BCUT2D eigenvalue weighted by atomic mass is 16.5. The third-order valence-electron chi connectivity index (χ3n) is 4.40. The van der Waals surface area contributed by atoms with Gasteiger partial charge in [0.1, 0.15) is 5.75 Å². The first-order chi connectivity index (χ1) is 9.54. The minimum absolute atomic E-state index is 0.0587. The number of carbonyl (C=O) groups excluding carboxylic acids is 1. The second-order valence-corrected chi connectivity index (χ2v) is 5.91. The summed E-state index contributed by atoms with van der Waals surface area (Å²) in [5.41, 5.74) is 3.56. The van der Waals surface area contributed by atoms with E-state index in [4.69, 9.17) is 4.74 Å². The molecule has 1 unspecified atom stereocenters. The predicted octanol–water partition coefficient (Wildman–Crippen LogP) is 1.59. The molecule has 3 rings (SSSR count). The number of ether oxygens (including phenoxy) is 1. The van der Waals surface area contributed by atoms with Gasteiger partial charge in [0.2, 0.25) is 0 Å². The molecule has 0 aromatic heterocycles. The maximum atomic E-state index is 12.5. The minimum Gasteiger partial charge on any atom is -0.480 e. The number of piperidine rings is 1. The maximum Gasteiger partial charge on any atom is 0.263 e. The first-order valence-corrected chi connectivity index (χ1v) is 7.28. The normalized spacial score (nSPS) is 22.6. The lowest BCUT2D eigenvalue weighted by Gasteiger charge is -2.31. The van der Waals surface area contributed by atoms with E-state index < -0.39 is 0 Å². The Hall–Kier alpha value is -1.55. The van der Waals surface area contributed by atoms with E-state index in [9.17, 15) is 9.90 Å². The molecule has 0 spiro atoms. The highest BCUT2D eigenvalue weighted by Crippen LogP contribution is 2.32. The van der Waals surface area contributed by atoms with Crippen LogP contribution in [0.5, 0.6) is 5.75 Å². The molecule has 1 aromatic rings. The third-order valence-corrected chi connectivity index (χ3v) is 4.40. The van der Waals surface area contributed by atoms with Crippen LogP contribution >= 0.6 is 0 Å². The Morgan fingerprint density at radius 1 is 1.25 bits per heavy atom. The zero-order valence-corrected chi connectivity index (χ0v) is 12.1. The molecule has 0 saturated carbocycles. The van der Waals surface area contributed by atoms with Crippen LogP contribution in [0.1, 0.15) is 29.5 Å². The summed E-state index contributed by atoms with van der Waals surface area (Å²) in [6, 6.07) is 4.15. The molecule has 2 aliphatic heterocycles. The fourth-order valence-electron chi connectivity index (χ4n) is 2.94. The number of hydrogen-bond donors (Lipinski definition) is 1. The third kappa shape index (κ3) is 2.40. The number of likely N-dealkylation sites (tertiary alicyclic amines) is 1. The van der Waals surface area contributed by atoms with Crippen LogP contribution in [0, 0.1) is 13.8 Å². The summed E-state index contributed by atoms with van der Waals surface area (Å²) in [5.74, 6) is 0.909. The van der Waals surface area contributed by atoms with Gasteiger partial charge >= 0.3 is 0 Å². The molecule has 2 heterocycles. The van der Waals surface area contributed by atoms with Crippen LogP contribution in [0.25, 0.3) is 0 Å². The van der Waals surface area contributed by atoms with E-state index in [1.54, 1.807) is 0 Å². The summed E-state index contributed by atoms with van der Waals surface area (Å²) in [6.07, 6.45) is 1.36. The zero-order chi connectivity index (χ0) is 14.3. The number of amides is 1. The first-order valence-electron chi connectivity index (χ1n) is 7.28. The van der Waals surface area contributed by atoms with Crippen molar-refractivity contribution < 1.29 is 14.6 Å². The summed E-state index contributed by atoms with van der Waals surface area (Å²) in [4.78, 5) is 14.3. The number of benzene rings is 1. The first kappa shape index (κ1) is 13.4. The molecule has 1 amide bonds. The van der Waals surface area contributed by atoms with Gasteiger partial charge in [-0.15, -0.1) is 0 Å². The highest BCUT2D eigenvalue weighted by Gasteiger charge is 2.34. The average Bonchev–Trinajstić information content (AvgIpc) is 2.82. The van der Waals surface area contributed by atoms with Crippen molar-refractivity contribution in [2.45, 2.75) is 45.3 Å².